The molecule has 0 unspecified atom stereocenters. The largest absolute Gasteiger partial charge is 0.433 e. The van der Waals surface area contributed by atoms with Gasteiger partial charge in [-0.3, -0.25) is 0 Å². The van der Waals surface area contributed by atoms with Gasteiger partial charge in [0.05, 0.1) is 18.2 Å². The van der Waals surface area contributed by atoms with Gasteiger partial charge in [-0.25, -0.2) is 0 Å². The van der Waals surface area contributed by atoms with E-state index in [0.717, 1.165) is 25.4 Å². The average molecular weight is 278 g/mol. The first kappa shape index (κ1) is 13.4. The number of halogens is 3. The number of benzene rings is 1. The van der Waals surface area contributed by atoms with E-state index in [9.17, 15) is 8.78 Å². The fraction of sp³-hybridized carbons (Fsp3) is 0.500. The molecule has 0 spiro atoms. The highest BCUT2D eigenvalue weighted by molar-refractivity contribution is 6.32. The monoisotopic (exact) mass is 277 g/mol. The zero-order valence-corrected chi connectivity index (χ0v) is 10.6. The Kier molecular flexibility index (Phi) is 3.92. The van der Waals surface area contributed by atoms with Gasteiger partial charge in [0.25, 0.3) is 0 Å². The van der Waals surface area contributed by atoms with Crippen LogP contribution in [0.25, 0.3) is 0 Å². The Bertz CT molecular complexity index is 425. The van der Waals surface area contributed by atoms with Crippen molar-refractivity contribution in [3.8, 4) is 5.75 Å². The summed E-state index contributed by atoms with van der Waals surface area (Å²) < 4.78 is 33.5. The van der Waals surface area contributed by atoms with Crippen LogP contribution in [0, 0.1) is 5.41 Å². The lowest BCUT2D eigenvalue weighted by atomic mass is 9.89. The molecule has 0 bridgehead atoms. The van der Waals surface area contributed by atoms with Crippen LogP contribution in [0.3, 0.4) is 0 Å². The average Bonchev–Trinajstić information content (AvgIpc) is 2.26. The van der Waals surface area contributed by atoms with Crippen molar-refractivity contribution in [1.82, 2.24) is 0 Å². The molecule has 0 aromatic heterocycles. The first-order chi connectivity index (χ1) is 8.48. The van der Waals surface area contributed by atoms with Gasteiger partial charge >= 0.3 is 6.61 Å². The number of hydrogen-bond donors (Lipinski definition) is 1. The highest BCUT2D eigenvalue weighted by atomic mass is 35.5. The van der Waals surface area contributed by atoms with Crippen molar-refractivity contribution in [3.63, 3.8) is 0 Å². The Hall–Kier alpha value is -1.07. The molecule has 2 rings (SSSR count). The zero-order valence-electron chi connectivity index (χ0n) is 9.88. The molecule has 1 saturated heterocycles. The van der Waals surface area contributed by atoms with E-state index in [1.54, 1.807) is 12.1 Å². The molecule has 1 heterocycles. The smallest absolute Gasteiger partial charge is 0.387 e. The quantitative estimate of drug-likeness (QED) is 0.895. The fourth-order valence-corrected chi connectivity index (χ4v) is 1.90. The predicted octanol–water partition coefficient (Wildman–Crippen LogP) is 3.39. The lowest BCUT2D eigenvalue weighted by Crippen LogP contribution is -2.45. The first-order valence-corrected chi connectivity index (χ1v) is 5.92. The molecule has 0 atom stereocenters. The van der Waals surface area contributed by atoms with E-state index in [4.69, 9.17) is 16.3 Å². The second kappa shape index (κ2) is 5.28. The van der Waals surface area contributed by atoms with Crippen LogP contribution in [0.15, 0.2) is 18.2 Å². The minimum atomic E-state index is -2.87. The number of hydrogen-bond acceptors (Lipinski definition) is 3. The number of rotatable bonds is 5. The summed E-state index contributed by atoms with van der Waals surface area (Å²) in [6.45, 7) is 1.44. The van der Waals surface area contributed by atoms with Crippen LogP contribution in [-0.2, 0) is 4.74 Å². The van der Waals surface area contributed by atoms with Gasteiger partial charge in [0.1, 0.15) is 5.75 Å². The molecule has 0 aliphatic carbocycles. The van der Waals surface area contributed by atoms with Crippen LogP contribution in [0.5, 0.6) is 5.75 Å². The summed E-state index contributed by atoms with van der Waals surface area (Å²) in [7, 11) is 0. The molecular formula is C12H14ClF2NO2. The number of anilines is 1. The van der Waals surface area contributed by atoms with Crippen molar-refractivity contribution in [2.24, 2.45) is 5.41 Å². The Morgan fingerprint density at radius 1 is 1.50 bits per heavy atom. The lowest BCUT2D eigenvalue weighted by molar-refractivity contribution is -0.0924. The maximum atomic E-state index is 12.0. The Labute approximate surface area is 109 Å². The Balaban J connectivity index is 1.95. The van der Waals surface area contributed by atoms with E-state index in [1.807, 2.05) is 0 Å². The van der Waals surface area contributed by atoms with Crippen LogP contribution in [0.4, 0.5) is 14.5 Å². The standard InChI is InChI=1S/C12H14ClF2NO2/c1-12(6-17-7-12)5-16-8-2-3-10(9(13)4-8)18-11(14)15/h2-4,11,16H,5-7H2,1H3. The van der Waals surface area contributed by atoms with Crippen LogP contribution < -0.4 is 10.1 Å². The molecule has 1 aromatic rings. The van der Waals surface area contributed by atoms with Gasteiger partial charge in [-0.2, -0.15) is 8.78 Å². The van der Waals surface area contributed by atoms with Crippen LogP contribution in [0.2, 0.25) is 5.02 Å². The minimum absolute atomic E-state index is 0.0181. The molecular weight excluding hydrogens is 264 g/mol. The second-order valence-electron chi connectivity index (χ2n) is 4.68. The van der Waals surface area contributed by atoms with E-state index in [1.165, 1.54) is 6.07 Å². The Morgan fingerprint density at radius 3 is 2.72 bits per heavy atom. The summed E-state index contributed by atoms with van der Waals surface area (Å²) in [5.41, 5.74) is 0.902. The SMILES string of the molecule is CC1(CNc2ccc(OC(F)F)c(Cl)c2)COC1. The van der Waals surface area contributed by atoms with Gasteiger partial charge in [0.15, 0.2) is 0 Å². The van der Waals surface area contributed by atoms with Crippen molar-refractivity contribution in [2.45, 2.75) is 13.5 Å². The summed E-state index contributed by atoms with van der Waals surface area (Å²) in [5, 5.41) is 3.36. The molecule has 1 aliphatic heterocycles. The Morgan fingerprint density at radius 2 is 2.22 bits per heavy atom. The second-order valence-corrected chi connectivity index (χ2v) is 5.09. The van der Waals surface area contributed by atoms with Crippen LogP contribution in [0.1, 0.15) is 6.92 Å². The van der Waals surface area contributed by atoms with Crippen molar-refractivity contribution in [2.75, 3.05) is 25.1 Å². The van der Waals surface area contributed by atoms with Gasteiger partial charge in [-0.1, -0.05) is 18.5 Å². The topological polar surface area (TPSA) is 30.5 Å². The highest BCUT2D eigenvalue weighted by Gasteiger charge is 2.32. The van der Waals surface area contributed by atoms with E-state index in [2.05, 4.69) is 17.0 Å². The summed E-state index contributed by atoms with van der Waals surface area (Å²) in [5.74, 6) is -0.0181. The van der Waals surface area contributed by atoms with Crippen LogP contribution >= 0.6 is 11.6 Å². The molecule has 1 aromatic carbocycles. The van der Waals surface area contributed by atoms with Gasteiger partial charge in [0, 0.05) is 17.6 Å². The van der Waals surface area contributed by atoms with Crippen molar-refractivity contribution in [1.29, 1.82) is 0 Å². The van der Waals surface area contributed by atoms with Gasteiger partial charge in [-0.15, -0.1) is 0 Å². The van der Waals surface area contributed by atoms with Crippen molar-refractivity contribution < 1.29 is 18.3 Å². The maximum Gasteiger partial charge on any atom is 0.387 e. The maximum absolute atomic E-state index is 12.0. The van der Waals surface area contributed by atoms with Crippen molar-refractivity contribution in [3.05, 3.63) is 23.2 Å². The number of ether oxygens (including phenoxy) is 2. The zero-order chi connectivity index (χ0) is 13.2. The third kappa shape index (κ3) is 3.23. The number of alkyl halides is 2. The third-order valence-corrected chi connectivity index (χ3v) is 3.06. The van der Waals surface area contributed by atoms with E-state index in [-0.39, 0.29) is 16.2 Å². The minimum Gasteiger partial charge on any atom is -0.433 e. The normalized spacial score (nSPS) is 17.4. The fourth-order valence-electron chi connectivity index (χ4n) is 1.67. The lowest BCUT2D eigenvalue weighted by Gasteiger charge is -2.38. The van der Waals surface area contributed by atoms with E-state index >= 15 is 0 Å². The summed E-state index contributed by atoms with van der Waals surface area (Å²) in [6.07, 6.45) is 0. The third-order valence-electron chi connectivity index (χ3n) is 2.77. The molecule has 1 aliphatic rings. The molecule has 0 saturated carbocycles. The van der Waals surface area contributed by atoms with Crippen molar-refractivity contribution >= 4 is 17.3 Å². The summed E-state index contributed by atoms with van der Waals surface area (Å²) >= 11 is 5.85. The molecule has 1 fully saturated rings. The van der Waals surface area contributed by atoms with E-state index < -0.39 is 6.61 Å². The summed E-state index contributed by atoms with van der Waals surface area (Å²) in [4.78, 5) is 0. The van der Waals surface area contributed by atoms with Gasteiger partial charge in [0.2, 0.25) is 0 Å². The molecule has 100 valence electrons. The predicted molar refractivity (Wildman–Crippen MR) is 65.5 cm³/mol. The van der Waals surface area contributed by atoms with E-state index in [0.29, 0.717) is 0 Å². The highest BCUT2D eigenvalue weighted by Crippen LogP contribution is 2.31. The summed E-state index contributed by atoms with van der Waals surface area (Å²) in [6, 6.07) is 4.66. The van der Waals surface area contributed by atoms with Gasteiger partial charge in [-0.05, 0) is 18.2 Å². The van der Waals surface area contributed by atoms with Crippen LogP contribution in [-0.4, -0.2) is 26.4 Å². The molecule has 18 heavy (non-hydrogen) atoms. The molecule has 0 amide bonds. The molecule has 3 nitrogen and oxygen atoms in total. The number of nitrogens with one attached hydrogen (secondary N) is 1. The first-order valence-electron chi connectivity index (χ1n) is 5.54. The van der Waals surface area contributed by atoms with Gasteiger partial charge < -0.3 is 14.8 Å². The molecule has 6 heteroatoms. The molecule has 0 radical (unpaired) electrons. The molecule has 1 N–H and O–H groups in total.